The second-order valence-electron chi connectivity index (χ2n) is 6.33. The summed E-state index contributed by atoms with van der Waals surface area (Å²) in [6, 6.07) is 1.37. The largest absolute Gasteiger partial charge is 0.501 e. The number of nitrogens with one attached hydrogen (secondary N) is 1. The Morgan fingerprint density at radius 1 is 1.26 bits per heavy atom. The Morgan fingerprint density at radius 3 is 2.48 bits per heavy atom. The van der Waals surface area contributed by atoms with Crippen molar-refractivity contribution in [2.45, 2.75) is 47.8 Å². The smallest absolute Gasteiger partial charge is 0.488 e. The number of hydrogen-bond donors (Lipinski definition) is 2. The number of hydrogen-bond acceptors (Lipinski definition) is 5. The molecule has 150 valence electrons. The average molecular weight is 415 g/mol. The van der Waals surface area contributed by atoms with Gasteiger partial charge in [-0.05, 0) is 18.6 Å². The summed E-state index contributed by atoms with van der Waals surface area (Å²) in [5, 5.41) is 12.3. The lowest BCUT2D eigenvalue weighted by atomic mass is 10.1. The van der Waals surface area contributed by atoms with Crippen LogP contribution in [0.25, 0.3) is 0 Å². The molecule has 2 atom stereocenters. The van der Waals surface area contributed by atoms with Gasteiger partial charge in [-0.25, -0.2) is 17.2 Å². The number of piperidine rings is 1. The molecule has 1 fully saturated rings. The molecule has 3 rings (SSSR count). The summed E-state index contributed by atoms with van der Waals surface area (Å²) < 4.78 is 95.6. The average Bonchev–Trinajstić information content (AvgIpc) is 2.79. The van der Waals surface area contributed by atoms with Crippen LogP contribution in [-0.4, -0.2) is 43.5 Å². The zero-order chi connectivity index (χ0) is 20.2. The monoisotopic (exact) mass is 415 g/mol. The number of sulfone groups is 1. The lowest BCUT2D eigenvalue weighted by Crippen LogP contribution is -2.41. The van der Waals surface area contributed by atoms with E-state index in [4.69, 9.17) is 4.74 Å². The first-order chi connectivity index (χ1) is 12.3. The van der Waals surface area contributed by atoms with Crippen LogP contribution in [0.1, 0.15) is 30.1 Å². The highest BCUT2D eigenvalue weighted by Crippen LogP contribution is 2.50. The normalized spacial score (nSPS) is 25.0. The summed E-state index contributed by atoms with van der Waals surface area (Å²) in [6.45, 7) is 0.0646. The minimum Gasteiger partial charge on any atom is -0.488 e. The van der Waals surface area contributed by atoms with Crippen molar-refractivity contribution in [3.63, 3.8) is 0 Å². The topological polar surface area (TPSA) is 92.7 Å². The van der Waals surface area contributed by atoms with Crippen LogP contribution >= 0.6 is 0 Å². The van der Waals surface area contributed by atoms with Crippen molar-refractivity contribution >= 4 is 15.7 Å². The molecule has 1 aromatic rings. The molecule has 6 nitrogen and oxygen atoms in total. The molecular formula is C15H14F5NO5S. The fourth-order valence-corrected chi connectivity index (χ4v) is 4.13. The predicted octanol–water partition coefficient (Wildman–Crippen LogP) is 1.86. The van der Waals surface area contributed by atoms with E-state index in [0.29, 0.717) is 6.07 Å². The number of fused-ring (bicyclic) bond motifs is 1. The van der Waals surface area contributed by atoms with Crippen LogP contribution in [0.2, 0.25) is 0 Å². The Hall–Kier alpha value is -1.95. The number of aliphatic hydroxyl groups is 1. The van der Waals surface area contributed by atoms with Crippen LogP contribution < -0.4 is 10.1 Å². The standard InChI is InChI=1S/C15H14F5NO5S/c16-14(17)5-8-9(26-7-1-4-11(22)21-6-7)2-3-10(12(8)13(14)23)27(24,25)15(18,19)20/h2-3,7,13,23H,1,4-6H2,(H,21,22)/t7-,13-/m0/s1. The van der Waals surface area contributed by atoms with Gasteiger partial charge in [-0.3, -0.25) is 4.79 Å². The van der Waals surface area contributed by atoms with Gasteiger partial charge in [0.25, 0.3) is 15.8 Å². The number of rotatable bonds is 3. The van der Waals surface area contributed by atoms with Crippen LogP contribution in [0, 0.1) is 0 Å². The minimum absolute atomic E-state index is 0.0646. The maximum Gasteiger partial charge on any atom is 0.501 e. The van der Waals surface area contributed by atoms with Crippen molar-refractivity contribution < 1.29 is 45.0 Å². The molecule has 27 heavy (non-hydrogen) atoms. The highest BCUT2D eigenvalue weighted by atomic mass is 32.2. The molecule has 0 radical (unpaired) electrons. The van der Waals surface area contributed by atoms with E-state index in [1.807, 2.05) is 0 Å². The first kappa shape index (κ1) is 19.8. The molecule has 1 aliphatic carbocycles. The molecule has 0 spiro atoms. The van der Waals surface area contributed by atoms with E-state index in [0.717, 1.165) is 6.07 Å². The van der Waals surface area contributed by atoms with E-state index >= 15 is 0 Å². The Bertz CT molecular complexity index is 873. The fourth-order valence-electron chi connectivity index (χ4n) is 3.11. The van der Waals surface area contributed by atoms with Gasteiger partial charge in [0.1, 0.15) is 18.0 Å². The lowest BCUT2D eigenvalue weighted by Gasteiger charge is -2.25. The van der Waals surface area contributed by atoms with Gasteiger partial charge >= 0.3 is 5.51 Å². The summed E-state index contributed by atoms with van der Waals surface area (Å²) in [7, 11) is -5.95. The number of alkyl halides is 5. The summed E-state index contributed by atoms with van der Waals surface area (Å²) >= 11 is 0. The van der Waals surface area contributed by atoms with Crippen LogP contribution in [0.4, 0.5) is 22.0 Å². The Labute approximate surface area is 150 Å². The Kier molecular flexibility index (Phi) is 4.62. The molecule has 0 aromatic heterocycles. The molecule has 1 aliphatic heterocycles. The van der Waals surface area contributed by atoms with Crippen LogP contribution in [-0.2, 0) is 21.1 Å². The summed E-state index contributed by atoms with van der Waals surface area (Å²) in [5.74, 6) is -4.32. The molecule has 1 aromatic carbocycles. The second-order valence-corrected chi connectivity index (χ2v) is 8.24. The van der Waals surface area contributed by atoms with E-state index in [2.05, 4.69) is 5.32 Å². The van der Waals surface area contributed by atoms with Gasteiger partial charge in [0.15, 0.2) is 0 Å². The number of carbonyl (C=O) groups excluding carboxylic acids is 1. The van der Waals surface area contributed by atoms with Crippen LogP contribution in [0.15, 0.2) is 17.0 Å². The first-order valence-electron chi connectivity index (χ1n) is 7.81. The van der Waals surface area contributed by atoms with Gasteiger partial charge in [0.05, 0.1) is 11.4 Å². The molecule has 0 bridgehead atoms. The molecule has 1 heterocycles. The van der Waals surface area contributed by atoms with E-state index < -0.39 is 55.9 Å². The van der Waals surface area contributed by atoms with Gasteiger partial charge in [-0.15, -0.1) is 0 Å². The van der Waals surface area contributed by atoms with Crippen molar-refractivity contribution in [3.05, 3.63) is 23.3 Å². The van der Waals surface area contributed by atoms with Crippen molar-refractivity contribution in [3.8, 4) is 5.75 Å². The van der Waals surface area contributed by atoms with Gasteiger partial charge < -0.3 is 15.2 Å². The highest BCUT2D eigenvalue weighted by Gasteiger charge is 2.55. The Morgan fingerprint density at radius 2 is 1.93 bits per heavy atom. The van der Waals surface area contributed by atoms with Gasteiger partial charge in [0.2, 0.25) is 5.91 Å². The second kappa shape index (κ2) is 6.30. The maximum atomic E-state index is 14.0. The van der Waals surface area contributed by atoms with Gasteiger partial charge in [-0.2, -0.15) is 13.2 Å². The van der Waals surface area contributed by atoms with Crippen molar-refractivity contribution in [1.29, 1.82) is 0 Å². The van der Waals surface area contributed by atoms with E-state index in [1.54, 1.807) is 0 Å². The Balaban J connectivity index is 2.06. The molecular weight excluding hydrogens is 401 g/mol. The number of aliphatic hydroxyl groups excluding tert-OH is 1. The van der Waals surface area contributed by atoms with Crippen LogP contribution in [0.3, 0.4) is 0 Å². The van der Waals surface area contributed by atoms with Crippen molar-refractivity contribution in [1.82, 2.24) is 5.32 Å². The van der Waals surface area contributed by atoms with E-state index in [1.165, 1.54) is 0 Å². The van der Waals surface area contributed by atoms with Gasteiger partial charge in [-0.1, -0.05) is 0 Å². The number of ether oxygens (including phenoxy) is 1. The molecule has 1 saturated heterocycles. The highest BCUT2D eigenvalue weighted by molar-refractivity contribution is 7.92. The third-order valence-electron chi connectivity index (χ3n) is 4.47. The summed E-state index contributed by atoms with van der Waals surface area (Å²) in [4.78, 5) is 9.74. The first-order valence-corrected chi connectivity index (χ1v) is 9.29. The lowest BCUT2D eigenvalue weighted by molar-refractivity contribution is -0.123. The molecule has 12 heteroatoms. The molecule has 0 saturated carbocycles. The molecule has 1 amide bonds. The molecule has 0 unspecified atom stereocenters. The van der Waals surface area contributed by atoms with E-state index in [-0.39, 0.29) is 31.0 Å². The third-order valence-corrected chi connectivity index (χ3v) is 6.01. The predicted molar refractivity (Wildman–Crippen MR) is 80.0 cm³/mol. The molecule has 2 N–H and O–H groups in total. The number of amides is 1. The SMILES string of the molecule is O=C1CC[C@H](Oc2ccc(S(=O)(=O)C(F)(F)F)c3c2CC(F)(F)[C@H]3O)CN1. The minimum atomic E-state index is -5.95. The summed E-state index contributed by atoms with van der Waals surface area (Å²) in [5.41, 5.74) is -7.21. The van der Waals surface area contributed by atoms with Crippen molar-refractivity contribution in [2.24, 2.45) is 0 Å². The molecule has 2 aliphatic rings. The maximum absolute atomic E-state index is 14.0. The zero-order valence-electron chi connectivity index (χ0n) is 13.5. The van der Waals surface area contributed by atoms with Crippen molar-refractivity contribution in [2.75, 3.05) is 6.54 Å². The van der Waals surface area contributed by atoms with Crippen LogP contribution in [0.5, 0.6) is 5.75 Å². The zero-order valence-corrected chi connectivity index (χ0v) is 14.3. The van der Waals surface area contributed by atoms with Gasteiger partial charge in [0, 0.05) is 24.0 Å². The fraction of sp³-hybridized carbons (Fsp3) is 0.533. The number of benzene rings is 1. The third kappa shape index (κ3) is 3.35. The summed E-state index contributed by atoms with van der Waals surface area (Å²) in [6.07, 6.45) is -4.13. The number of carbonyl (C=O) groups is 1. The van der Waals surface area contributed by atoms with E-state index in [9.17, 15) is 40.3 Å². The quantitative estimate of drug-likeness (QED) is 0.736. The number of halogens is 5.